The highest BCUT2D eigenvalue weighted by atomic mass is 79.9. The summed E-state index contributed by atoms with van der Waals surface area (Å²) in [4.78, 5) is 0.0942. The van der Waals surface area contributed by atoms with Crippen LogP contribution in [-0.4, -0.2) is 33.8 Å². The molecule has 136 valence electrons. The van der Waals surface area contributed by atoms with Crippen LogP contribution in [0.1, 0.15) is 11.1 Å². The summed E-state index contributed by atoms with van der Waals surface area (Å²) in [6.07, 6.45) is 0. The second kappa shape index (κ2) is 8.66. The second-order valence-corrected chi connectivity index (χ2v) is 7.57. The minimum absolute atomic E-state index is 0.0101. The van der Waals surface area contributed by atoms with Gasteiger partial charge in [0.25, 0.3) is 10.1 Å². The minimum Gasteiger partial charge on any atom is -0.495 e. The zero-order valence-corrected chi connectivity index (χ0v) is 16.3. The first-order valence-electron chi connectivity index (χ1n) is 7.44. The van der Waals surface area contributed by atoms with E-state index in [1.807, 2.05) is 6.92 Å². The highest BCUT2D eigenvalue weighted by Crippen LogP contribution is 2.37. The van der Waals surface area contributed by atoms with Gasteiger partial charge in [0.1, 0.15) is 29.2 Å². The lowest BCUT2D eigenvalue weighted by molar-refractivity contribution is 0.211. The summed E-state index contributed by atoms with van der Waals surface area (Å²) in [6.45, 7) is 1.48. The SMILES string of the molecule is COc1ccc(CO)c(OCCOS(=O)(=O)c2ccc(C)cc2)c1Br. The van der Waals surface area contributed by atoms with Crippen LogP contribution in [0.15, 0.2) is 45.8 Å². The third kappa shape index (κ3) is 4.94. The Morgan fingerprint density at radius 2 is 1.76 bits per heavy atom. The van der Waals surface area contributed by atoms with E-state index >= 15 is 0 Å². The van der Waals surface area contributed by atoms with Crippen LogP contribution in [0.4, 0.5) is 0 Å². The van der Waals surface area contributed by atoms with E-state index in [0.29, 0.717) is 21.5 Å². The molecule has 0 aliphatic rings. The van der Waals surface area contributed by atoms with Crippen LogP contribution in [0, 0.1) is 6.92 Å². The largest absolute Gasteiger partial charge is 0.495 e. The molecular weight excluding hydrogens is 412 g/mol. The zero-order valence-electron chi connectivity index (χ0n) is 13.9. The molecule has 2 rings (SSSR count). The van der Waals surface area contributed by atoms with Gasteiger partial charge in [-0.25, -0.2) is 0 Å². The molecule has 1 N–H and O–H groups in total. The number of halogens is 1. The van der Waals surface area contributed by atoms with E-state index in [0.717, 1.165) is 5.56 Å². The Morgan fingerprint density at radius 3 is 2.36 bits per heavy atom. The standard InChI is InChI=1S/C17H19BrO6S/c1-12-3-6-14(7-4-12)25(20,21)24-10-9-23-17-13(11-19)5-8-15(22-2)16(17)18/h3-8,19H,9-11H2,1-2H3. The Kier molecular flexibility index (Phi) is 6.83. The number of rotatable bonds is 8. The summed E-state index contributed by atoms with van der Waals surface area (Å²) >= 11 is 3.35. The Balaban J connectivity index is 2.00. The zero-order chi connectivity index (χ0) is 18.4. The van der Waals surface area contributed by atoms with E-state index < -0.39 is 10.1 Å². The number of hydrogen-bond donors (Lipinski definition) is 1. The van der Waals surface area contributed by atoms with Gasteiger partial charge in [-0.15, -0.1) is 0 Å². The van der Waals surface area contributed by atoms with Crippen molar-refractivity contribution < 1.29 is 27.2 Å². The van der Waals surface area contributed by atoms with Crippen molar-refractivity contribution in [3.63, 3.8) is 0 Å². The number of hydrogen-bond acceptors (Lipinski definition) is 6. The molecule has 0 aliphatic heterocycles. The smallest absolute Gasteiger partial charge is 0.297 e. The second-order valence-electron chi connectivity index (χ2n) is 5.17. The van der Waals surface area contributed by atoms with Gasteiger partial charge in [0, 0.05) is 5.56 Å². The summed E-state index contributed by atoms with van der Waals surface area (Å²) in [5.41, 5.74) is 1.51. The van der Waals surface area contributed by atoms with Crippen molar-refractivity contribution in [3.05, 3.63) is 52.0 Å². The highest BCUT2D eigenvalue weighted by molar-refractivity contribution is 9.10. The van der Waals surface area contributed by atoms with Gasteiger partial charge in [0.2, 0.25) is 0 Å². The van der Waals surface area contributed by atoms with Crippen molar-refractivity contribution in [2.24, 2.45) is 0 Å². The molecule has 0 aliphatic carbocycles. The van der Waals surface area contributed by atoms with Gasteiger partial charge in [-0.05, 0) is 47.1 Å². The summed E-state index contributed by atoms with van der Waals surface area (Å²) in [6, 6.07) is 9.76. The van der Waals surface area contributed by atoms with Crippen LogP contribution < -0.4 is 9.47 Å². The Morgan fingerprint density at radius 1 is 1.08 bits per heavy atom. The van der Waals surface area contributed by atoms with Gasteiger partial charge in [0.05, 0.1) is 18.6 Å². The van der Waals surface area contributed by atoms with E-state index in [2.05, 4.69) is 15.9 Å². The number of ether oxygens (including phenoxy) is 2. The van der Waals surface area contributed by atoms with Gasteiger partial charge in [0.15, 0.2) is 0 Å². The molecule has 0 saturated carbocycles. The number of methoxy groups -OCH3 is 1. The maximum Gasteiger partial charge on any atom is 0.297 e. The monoisotopic (exact) mass is 430 g/mol. The van der Waals surface area contributed by atoms with Crippen molar-refractivity contribution in [2.45, 2.75) is 18.4 Å². The highest BCUT2D eigenvalue weighted by Gasteiger charge is 2.16. The fourth-order valence-corrected chi connectivity index (χ4v) is 3.63. The number of aliphatic hydroxyl groups is 1. The normalized spacial score (nSPS) is 11.4. The Hall–Kier alpha value is -1.61. The minimum atomic E-state index is -3.84. The molecule has 0 spiro atoms. The van der Waals surface area contributed by atoms with Crippen LogP contribution in [0.2, 0.25) is 0 Å². The summed E-state index contributed by atoms with van der Waals surface area (Å²) in [7, 11) is -2.32. The number of aryl methyl sites for hydroxylation is 1. The third-order valence-electron chi connectivity index (χ3n) is 3.41. The number of aliphatic hydroxyl groups excluding tert-OH is 1. The molecule has 0 amide bonds. The van der Waals surface area contributed by atoms with Gasteiger partial charge in [-0.3, -0.25) is 4.18 Å². The fourth-order valence-electron chi connectivity index (χ4n) is 2.08. The van der Waals surface area contributed by atoms with E-state index in [1.54, 1.807) is 24.3 Å². The van der Waals surface area contributed by atoms with E-state index in [1.165, 1.54) is 19.2 Å². The Bertz CT molecular complexity index is 818. The van der Waals surface area contributed by atoms with Crippen molar-refractivity contribution in [2.75, 3.05) is 20.3 Å². The average molecular weight is 431 g/mol. The summed E-state index contributed by atoms with van der Waals surface area (Å²) in [5, 5.41) is 9.39. The third-order valence-corrected chi connectivity index (χ3v) is 5.49. The lowest BCUT2D eigenvalue weighted by atomic mass is 10.2. The first kappa shape index (κ1) is 19.7. The topological polar surface area (TPSA) is 82.1 Å². The van der Waals surface area contributed by atoms with E-state index in [9.17, 15) is 13.5 Å². The first-order valence-corrected chi connectivity index (χ1v) is 9.64. The van der Waals surface area contributed by atoms with Crippen molar-refractivity contribution in [1.29, 1.82) is 0 Å². The molecule has 0 radical (unpaired) electrons. The molecular formula is C17H19BrO6S. The van der Waals surface area contributed by atoms with Crippen LogP contribution in [0.3, 0.4) is 0 Å². The lowest BCUT2D eigenvalue weighted by Gasteiger charge is -2.14. The van der Waals surface area contributed by atoms with Gasteiger partial charge in [-0.2, -0.15) is 8.42 Å². The lowest BCUT2D eigenvalue weighted by Crippen LogP contribution is -2.14. The Labute approximate surface area is 155 Å². The fraction of sp³-hybridized carbons (Fsp3) is 0.294. The molecule has 0 aromatic heterocycles. The molecule has 0 unspecified atom stereocenters. The van der Waals surface area contributed by atoms with Gasteiger partial charge in [-0.1, -0.05) is 17.7 Å². The van der Waals surface area contributed by atoms with Crippen molar-refractivity contribution in [1.82, 2.24) is 0 Å². The van der Waals surface area contributed by atoms with E-state index in [-0.39, 0.29) is 24.7 Å². The molecule has 0 heterocycles. The molecule has 25 heavy (non-hydrogen) atoms. The molecule has 2 aromatic rings. The molecule has 0 fully saturated rings. The van der Waals surface area contributed by atoms with Crippen LogP contribution in [-0.2, 0) is 20.9 Å². The average Bonchev–Trinajstić information content (AvgIpc) is 2.60. The van der Waals surface area contributed by atoms with Crippen LogP contribution in [0.5, 0.6) is 11.5 Å². The molecule has 0 bridgehead atoms. The molecule has 2 aromatic carbocycles. The number of benzene rings is 2. The van der Waals surface area contributed by atoms with E-state index in [4.69, 9.17) is 13.7 Å². The molecule has 0 saturated heterocycles. The van der Waals surface area contributed by atoms with Crippen molar-refractivity contribution in [3.8, 4) is 11.5 Å². The van der Waals surface area contributed by atoms with Crippen LogP contribution in [0.25, 0.3) is 0 Å². The van der Waals surface area contributed by atoms with Gasteiger partial charge < -0.3 is 14.6 Å². The molecule has 8 heteroatoms. The quantitative estimate of drug-likeness (QED) is 0.511. The maximum atomic E-state index is 12.1. The van der Waals surface area contributed by atoms with Gasteiger partial charge >= 0.3 is 0 Å². The predicted molar refractivity (Wildman–Crippen MR) is 96.4 cm³/mol. The maximum absolute atomic E-state index is 12.1. The predicted octanol–water partition coefficient (Wildman–Crippen LogP) is 3.04. The summed E-state index contributed by atoms with van der Waals surface area (Å²) < 4.78 is 40.5. The van der Waals surface area contributed by atoms with Crippen molar-refractivity contribution >= 4 is 26.0 Å². The molecule has 0 atom stereocenters. The first-order chi connectivity index (χ1) is 11.9. The summed E-state index contributed by atoms with van der Waals surface area (Å²) in [5.74, 6) is 0.929. The van der Waals surface area contributed by atoms with Crippen LogP contribution >= 0.6 is 15.9 Å². The molecule has 6 nitrogen and oxygen atoms in total.